The summed E-state index contributed by atoms with van der Waals surface area (Å²) < 4.78 is 6.78. The number of benzene rings is 2. The third-order valence-electron chi connectivity index (χ3n) is 3.30. The Morgan fingerprint density at radius 3 is 2.45 bits per heavy atom. The standard InChI is InChI=1S/C17H17IO2/c1-11-8-9-14(10-12(11)2)17(19)13(3)20-16-7-5-4-6-15(16)18/h4-10,13H,1-3H3. The van der Waals surface area contributed by atoms with Crippen molar-refractivity contribution < 1.29 is 9.53 Å². The van der Waals surface area contributed by atoms with E-state index in [0.29, 0.717) is 5.56 Å². The number of ketones is 1. The maximum absolute atomic E-state index is 12.4. The number of aryl methyl sites for hydroxylation is 2. The third-order valence-corrected chi connectivity index (χ3v) is 4.19. The molecule has 0 aliphatic rings. The normalized spacial score (nSPS) is 12.0. The van der Waals surface area contributed by atoms with Gasteiger partial charge < -0.3 is 4.74 Å². The van der Waals surface area contributed by atoms with E-state index in [-0.39, 0.29) is 5.78 Å². The van der Waals surface area contributed by atoms with Gasteiger partial charge in [-0.15, -0.1) is 0 Å². The van der Waals surface area contributed by atoms with Crippen molar-refractivity contribution in [3.8, 4) is 5.75 Å². The molecule has 1 unspecified atom stereocenters. The molecule has 3 heteroatoms. The number of carbonyl (C=O) groups is 1. The molecule has 0 saturated carbocycles. The summed E-state index contributed by atoms with van der Waals surface area (Å²) in [6.07, 6.45) is -0.493. The van der Waals surface area contributed by atoms with Crippen molar-refractivity contribution in [3.05, 3.63) is 62.7 Å². The van der Waals surface area contributed by atoms with Gasteiger partial charge in [0.1, 0.15) is 5.75 Å². The highest BCUT2D eigenvalue weighted by atomic mass is 127. The smallest absolute Gasteiger partial charge is 0.203 e. The SMILES string of the molecule is Cc1ccc(C(=O)C(C)Oc2ccccc2I)cc1C. The van der Waals surface area contributed by atoms with Gasteiger partial charge >= 0.3 is 0 Å². The van der Waals surface area contributed by atoms with Gasteiger partial charge in [-0.25, -0.2) is 0 Å². The second kappa shape index (κ2) is 6.39. The van der Waals surface area contributed by atoms with Crippen molar-refractivity contribution in [2.45, 2.75) is 26.9 Å². The van der Waals surface area contributed by atoms with E-state index < -0.39 is 6.10 Å². The van der Waals surface area contributed by atoms with Gasteiger partial charge in [0, 0.05) is 5.56 Å². The van der Waals surface area contributed by atoms with Crippen molar-refractivity contribution in [1.82, 2.24) is 0 Å². The van der Waals surface area contributed by atoms with Crippen molar-refractivity contribution in [1.29, 1.82) is 0 Å². The van der Waals surface area contributed by atoms with Gasteiger partial charge in [-0.1, -0.05) is 24.3 Å². The molecule has 0 aromatic heterocycles. The summed E-state index contributed by atoms with van der Waals surface area (Å²) in [6, 6.07) is 13.5. The first-order valence-electron chi connectivity index (χ1n) is 6.51. The lowest BCUT2D eigenvalue weighted by Gasteiger charge is -2.15. The fourth-order valence-electron chi connectivity index (χ4n) is 1.91. The molecule has 0 heterocycles. The Kier molecular flexibility index (Phi) is 4.81. The van der Waals surface area contributed by atoms with Gasteiger partial charge in [0.15, 0.2) is 6.10 Å². The van der Waals surface area contributed by atoms with Crippen molar-refractivity contribution in [2.24, 2.45) is 0 Å². The molecule has 0 aliphatic carbocycles. The van der Waals surface area contributed by atoms with Crippen LogP contribution < -0.4 is 4.74 Å². The maximum atomic E-state index is 12.4. The molecule has 1 atom stereocenters. The molecule has 0 fully saturated rings. The van der Waals surface area contributed by atoms with Crippen LogP contribution in [0.3, 0.4) is 0 Å². The predicted molar refractivity (Wildman–Crippen MR) is 89.5 cm³/mol. The average molecular weight is 380 g/mol. The van der Waals surface area contributed by atoms with Crippen LogP contribution in [-0.2, 0) is 0 Å². The summed E-state index contributed by atoms with van der Waals surface area (Å²) in [5.41, 5.74) is 3.01. The first-order chi connectivity index (χ1) is 9.49. The quantitative estimate of drug-likeness (QED) is 0.574. The Morgan fingerprint density at radius 2 is 1.80 bits per heavy atom. The molecule has 104 valence electrons. The molecular weight excluding hydrogens is 363 g/mol. The van der Waals surface area contributed by atoms with E-state index in [9.17, 15) is 4.79 Å². The zero-order chi connectivity index (χ0) is 14.7. The molecule has 0 radical (unpaired) electrons. The second-order valence-corrected chi connectivity index (χ2v) is 6.02. The number of Topliss-reactive ketones (excluding diaryl/α,β-unsaturated/α-hetero) is 1. The van der Waals surface area contributed by atoms with E-state index in [2.05, 4.69) is 22.6 Å². The Balaban J connectivity index is 2.16. The summed E-state index contributed by atoms with van der Waals surface area (Å²) in [6.45, 7) is 5.84. The number of carbonyl (C=O) groups excluding carboxylic acids is 1. The molecule has 0 N–H and O–H groups in total. The fraction of sp³-hybridized carbons (Fsp3) is 0.235. The zero-order valence-electron chi connectivity index (χ0n) is 11.8. The number of ether oxygens (including phenoxy) is 1. The lowest BCUT2D eigenvalue weighted by atomic mass is 10.0. The Hall–Kier alpha value is -1.36. The topological polar surface area (TPSA) is 26.3 Å². The number of rotatable bonds is 4. The van der Waals surface area contributed by atoms with Gasteiger partial charge in [0.05, 0.1) is 3.57 Å². The van der Waals surface area contributed by atoms with Crippen LogP contribution in [0.5, 0.6) is 5.75 Å². The van der Waals surface area contributed by atoms with Crippen LogP contribution in [-0.4, -0.2) is 11.9 Å². The zero-order valence-corrected chi connectivity index (χ0v) is 14.0. The molecule has 0 aliphatic heterocycles. The second-order valence-electron chi connectivity index (χ2n) is 4.85. The summed E-state index contributed by atoms with van der Waals surface area (Å²) in [5, 5.41) is 0. The number of para-hydroxylation sites is 1. The molecule has 2 aromatic carbocycles. The Bertz CT molecular complexity index is 635. The minimum absolute atomic E-state index is 0.00718. The molecule has 2 aromatic rings. The minimum Gasteiger partial charge on any atom is -0.481 e. The lowest BCUT2D eigenvalue weighted by molar-refractivity contribution is 0.0817. The highest BCUT2D eigenvalue weighted by Crippen LogP contribution is 2.22. The largest absolute Gasteiger partial charge is 0.481 e. The molecule has 0 amide bonds. The van der Waals surface area contributed by atoms with E-state index in [4.69, 9.17) is 4.74 Å². The third kappa shape index (κ3) is 3.39. The van der Waals surface area contributed by atoms with Gasteiger partial charge in [-0.2, -0.15) is 0 Å². The molecular formula is C17H17IO2. The summed E-state index contributed by atoms with van der Waals surface area (Å²) in [5.74, 6) is 0.755. The number of halogens is 1. The monoisotopic (exact) mass is 380 g/mol. The van der Waals surface area contributed by atoms with Crippen LogP contribution in [0.25, 0.3) is 0 Å². The van der Waals surface area contributed by atoms with E-state index in [1.165, 1.54) is 5.56 Å². The lowest BCUT2D eigenvalue weighted by Crippen LogP contribution is -2.24. The molecule has 0 spiro atoms. The predicted octanol–water partition coefficient (Wildman–Crippen LogP) is 4.56. The molecule has 0 bridgehead atoms. The van der Waals surface area contributed by atoms with Crippen LogP contribution in [0.4, 0.5) is 0 Å². The van der Waals surface area contributed by atoms with Crippen LogP contribution >= 0.6 is 22.6 Å². The van der Waals surface area contributed by atoms with Crippen molar-refractivity contribution >= 4 is 28.4 Å². The van der Waals surface area contributed by atoms with Gasteiger partial charge in [0.25, 0.3) is 0 Å². The first kappa shape index (κ1) is 15.0. The Morgan fingerprint density at radius 1 is 1.10 bits per heavy atom. The van der Waals surface area contributed by atoms with Crippen LogP contribution in [0, 0.1) is 17.4 Å². The van der Waals surface area contributed by atoms with Crippen LogP contribution in [0.15, 0.2) is 42.5 Å². The van der Waals surface area contributed by atoms with Crippen LogP contribution in [0.2, 0.25) is 0 Å². The summed E-state index contributed by atoms with van der Waals surface area (Å²) >= 11 is 2.21. The fourth-order valence-corrected chi connectivity index (χ4v) is 2.43. The van der Waals surface area contributed by atoms with E-state index in [1.807, 2.05) is 56.3 Å². The summed E-state index contributed by atoms with van der Waals surface area (Å²) in [4.78, 5) is 12.4. The first-order valence-corrected chi connectivity index (χ1v) is 7.59. The highest BCUT2D eigenvalue weighted by Gasteiger charge is 2.18. The minimum atomic E-state index is -0.493. The van der Waals surface area contributed by atoms with E-state index >= 15 is 0 Å². The van der Waals surface area contributed by atoms with Gasteiger partial charge in [-0.05, 0) is 72.7 Å². The molecule has 2 nitrogen and oxygen atoms in total. The number of hydrogen-bond acceptors (Lipinski definition) is 2. The van der Waals surface area contributed by atoms with Crippen molar-refractivity contribution in [3.63, 3.8) is 0 Å². The average Bonchev–Trinajstić information content (AvgIpc) is 2.43. The number of hydrogen-bond donors (Lipinski definition) is 0. The summed E-state index contributed by atoms with van der Waals surface area (Å²) in [7, 11) is 0. The molecule has 20 heavy (non-hydrogen) atoms. The van der Waals surface area contributed by atoms with Crippen LogP contribution in [0.1, 0.15) is 28.4 Å². The maximum Gasteiger partial charge on any atom is 0.203 e. The van der Waals surface area contributed by atoms with Gasteiger partial charge in [-0.3, -0.25) is 4.79 Å². The van der Waals surface area contributed by atoms with Gasteiger partial charge in [0.2, 0.25) is 5.78 Å². The Labute approximate surface area is 133 Å². The van der Waals surface area contributed by atoms with E-state index in [1.54, 1.807) is 6.92 Å². The van der Waals surface area contributed by atoms with Crippen molar-refractivity contribution in [2.75, 3.05) is 0 Å². The highest BCUT2D eigenvalue weighted by molar-refractivity contribution is 14.1. The molecule has 2 rings (SSSR count). The van der Waals surface area contributed by atoms with E-state index in [0.717, 1.165) is 14.9 Å². The molecule has 0 saturated heterocycles.